The first kappa shape index (κ1) is 17.4. The molecule has 0 aliphatic heterocycles. The molecule has 1 fully saturated rings. The van der Waals surface area contributed by atoms with Crippen LogP contribution < -0.4 is 10.0 Å². The molecule has 0 radical (unpaired) electrons. The maximum Gasteiger partial charge on any atom is 0.242 e. The minimum atomic E-state index is -3.43. The van der Waals surface area contributed by atoms with E-state index in [1.807, 2.05) is 7.05 Å². The van der Waals surface area contributed by atoms with Gasteiger partial charge in [-0.1, -0.05) is 26.2 Å². The third-order valence-corrected chi connectivity index (χ3v) is 7.80. The molecule has 0 bridgehead atoms. The van der Waals surface area contributed by atoms with E-state index in [2.05, 4.69) is 32.9 Å². The number of hydrogen-bond acceptors (Lipinski definition) is 4. The van der Waals surface area contributed by atoms with E-state index in [0.717, 1.165) is 30.6 Å². The summed E-state index contributed by atoms with van der Waals surface area (Å²) in [6.45, 7) is 2.86. The molecule has 1 aliphatic carbocycles. The van der Waals surface area contributed by atoms with Crippen molar-refractivity contribution in [3.05, 3.63) is 14.7 Å². The van der Waals surface area contributed by atoms with Crippen molar-refractivity contribution in [2.45, 2.75) is 56.5 Å². The highest BCUT2D eigenvalue weighted by atomic mass is 79.9. The third kappa shape index (κ3) is 4.51. The normalized spacial score (nSPS) is 23.4. The molecule has 2 N–H and O–H groups in total. The quantitative estimate of drug-likeness (QED) is 0.776. The van der Waals surface area contributed by atoms with Gasteiger partial charge in [0.25, 0.3) is 0 Å². The van der Waals surface area contributed by atoms with Crippen molar-refractivity contribution >= 4 is 37.3 Å². The number of nitrogens with one attached hydrogen (secondary N) is 2. The summed E-state index contributed by atoms with van der Waals surface area (Å²) in [4.78, 5) is 1.39. The Morgan fingerprint density at radius 3 is 2.86 bits per heavy atom. The first-order valence-electron chi connectivity index (χ1n) is 7.41. The Morgan fingerprint density at radius 2 is 2.19 bits per heavy atom. The van der Waals surface area contributed by atoms with Crippen molar-refractivity contribution in [1.29, 1.82) is 0 Å². The molecule has 2 rings (SSSR count). The summed E-state index contributed by atoms with van der Waals surface area (Å²) in [7, 11) is -1.58. The van der Waals surface area contributed by atoms with Gasteiger partial charge in [-0.2, -0.15) is 0 Å². The minimum Gasteiger partial charge on any atom is -0.315 e. The third-order valence-electron chi connectivity index (χ3n) is 4.03. The maximum atomic E-state index is 12.6. The molecular formula is C14H23BrN2O2S2. The highest BCUT2D eigenvalue weighted by Gasteiger charge is 2.27. The van der Waals surface area contributed by atoms with Gasteiger partial charge in [-0.25, -0.2) is 13.1 Å². The predicted molar refractivity (Wildman–Crippen MR) is 91.1 cm³/mol. The SMILES string of the molecule is CCC1CCCC(NS(=O)(=O)c2cc(CNC)sc2Br)C1. The molecule has 7 heteroatoms. The van der Waals surface area contributed by atoms with E-state index in [1.54, 1.807) is 6.07 Å². The zero-order valence-electron chi connectivity index (χ0n) is 12.5. The van der Waals surface area contributed by atoms with Crippen LogP contribution in [0.4, 0.5) is 0 Å². The van der Waals surface area contributed by atoms with E-state index in [4.69, 9.17) is 0 Å². The van der Waals surface area contributed by atoms with Crippen molar-refractivity contribution in [2.75, 3.05) is 7.05 Å². The van der Waals surface area contributed by atoms with E-state index in [1.165, 1.54) is 17.8 Å². The lowest BCUT2D eigenvalue weighted by atomic mass is 9.85. The van der Waals surface area contributed by atoms with Gasteiger partial charge in [0.1, 0.15) is 4.90 Å². The van der Waals surface area contributed by atoms with E-state index < -0.39 is 10.0 Å². The topological polar surface area (TPSA) is 58.2 Å². The molecule has 1 saturated carbocycles. The summed E-state index contributed by atoms with van der Waals surface area (Å²) < 4.78 is 28.7. The fraction of sp³-hybridized carbons (Fsp3) is 0.714. The molecular weight excluding hydrogens is 372 g/mol. The van der Waals surface area contributed by atoms with Crippen LogP contribution >= 0.6 is 27.3 Å². The number of thiophene rings is 1. The Morgan fingerprint density at radius 1 is 1.43 bits per heavy atom. The fourth-order valence-corrected chi connectivity index (χ4v) is 6.87. The van der Waals surface area contributed by atoms with E-state index in [9.17, 15) is 8.42 Å². The van der Waals surface area contributed by atoms with Crippen LogP contribution in [0.2, 0.25) is 0 Å². The fourth-order valence-electron chi connectivity index (χ4n) is 2.89. The first-order valence-corrected chi connectivity index (χ1v) is 10.5. The summed E-state index contributed by atoms with van der Waals surface area (Å²) in [6, 6.07) is 1.83. The number of sulfonamides is 1. The summed E-state index contributed by atoms with van der Waals surface area (Å²) in [6.07, 6.45) is 5.37. The minimum absolute atomic E-state index is 0.0771. The van der Waals surface area contributed by atoms with Gasteiger partial charge in [-0.15, -0.1) is 11.3 Å². The highest BCUT2D eigenvalue weighted by molar-refractivity contribution is 9.11. The summed E-state index contributed by atoms with van der Waals surface area (Å²) >= 11 is 4.85. The average Bonchev–Trinajstić information content (AvgIpc) is 2.81. The van der Waals surface area contributed by atoms with Crippen LogP contribution in [0.25, 0.3) is 0 Å². The zero-order valence-corrected chi connectivity index (χ0v) is 15.7. The van der Waals surface area contributed by atoms with Crippen LogP contribution in [-0.2, 0) is 16.6 Å². The van der Waals surface area contributed by atoms with Gasteiger partial charge in [0.05, 0.1) is 3.79 Å². The molecule has 120 valence electrons. The largest absolute Gasteiger partial charge is 0.315 e. The van der Waals surface area contributed by atoms with Crippen molar-refractivity contribution < 1.29 is 8.42 Å². The molecule has 1 heterocycles. The zero-order chi connectivity index (χ0) is 15.5. The van der Waals surface area contributed by atoms with E-state index in [-0.39, 0.29) is 6.04 Å². The molecule has 4 nitrogen and oxygen atoms in total. The first-order chi connectivity index (χ1) is 9.96. The second-order valence-electron chi connectivity index (χ2n) is 5.64. The second-order valence-corrected chi connectivity index (χ2v) is 9.78. The lowest BCUT2D eigenvalue weighted by Gasteiger charge is -2.28. The van der Waals surface area contributed by atoms with Crippen molar-refractivity contribution in [1.82, 2.24) is 10.0 Å². The Kier molecular flexibility index (Phi) is 6.25. The molecule has 0 amide bonds. The molecule has 21 heavy (non-hydrogen) atoms. The van der Waals surface area contributed by atoms with Gasteiger partial charge in [-0.3, -0.25) is 0 Å². The smallest absolute Gasteiger partial charge is 0.242 e. The Bertz CT molecular complexity index is 572. The molecule has 2 unspecified atom stereocenters. The summed E-state index contributed by atoms with van der Waals surface area (Å²) in [5, 5.41) is 3.05. The predicted octanol–water partition coefficient (Wildman–Crippen LogP) is 3.48. The van der Waals surface area contributed by atoms with Crippen molar-refractivity contribution in [3.63, 3.8) is 0 Å². The van der Waals surface area contributed by atoms with Crippen LogP contribution in [0.1, 0.15) is 43.9 Å². The van der Waals surface area contributed by atoms with Gasteiger partial charge < -0.3 is 5.32 Å². The Labute approximate surface area is 139 Å². The molecule has 0 spiro atoms. The number of hydrogen-bond donors (Lipinski definition) is 2. The lowest BCUT2D eigenvalue weighted by molar-refractivity contribution is 0.301. The van der Waals surface area contributed by atoms with Crippen LogP contribution in [0.15, 0.2) is 14.7 Å². The second kappa shape index (κ2) is 7.55. The average molecular weight is 395 g/mol. The number of rotatable bonds is 6. The molecule has 2 atom stereocenters. The Hall–Kier alpha value is 0.0500. The number of halogens is 1. The molecule has 1 aromatic heterocycles. The van der Waals surface area contributed by atoms with Crippen LogP contribution in [0.5, 0.6) is 0 Å². The lowest BCUT2D eigenvalue weighted by Crippen LogP contribution is -2.38. The van der Waals surface area contributed by atoms with Gasteiger partial charge in [0.2, 0.25) is 10.0 Å². The van der Waals surface area contributed by atoms with Crippen molar-refractivity contribution in [2.24, 2.45) is 5.92 Å². The summed E-state index contributed by atoms with van der Waals surface area (Å²) in [5.74, 6) is 0.650. The molecule has 0 saturated heterocycles. The van der Waals surface area contributed by atoms with Crippen LogP contribution in [0, 0.1) is 5.92 Å². The standard InChI is InChI=1S/C14H23BrN2O2S2/c1-3-10-5-4-6-11(7-10)17-21(18,19)13-8-12(9-16-2)20-14(13)15/h8,10-11,16-17H,3-7,9H2,1-2H3. The van der Waals surface area contributed by atoms with Gasteiger partial charge in [0.15, 0.2) is 0 Å². The van der Waals surface area contributed by atoms with Crippen LogP contribution in [-0.4, -0.2) is 21.5 Å². The van der Waals surface area contributed by atoms with Gasteiger partial charge >= 0.3 is 0 Å². The van der Waals surface area contributed by atoms with Gasteiger partial charge in [-0.05, 0) is 47.8 Å². The maximum absolute atomic E-state index is 12.6. The van der Waals surface area contributed by atoms with E-state index in [0.29, 0.717) is 21.1 Å². The van der Waals surface area contributed by atoms with E-state index >= 15 is 0 Å². The summed E-state index contributed by atoms with van der Waals surface area (Å²) in [5.41, 5.74) is 0. The highest BCUT2D eigenvalue weighted by Crippen LogP contribution is 2.33. The monoisotopic (exact) mass is 394 g/mol. The van der Waals surface area contributed by atoms with Gasteiger partial charge in [0, 0.05) is 17.5 Å². The van der Waals surface area contributed by atoms with Crippen LogP contribution in [0.3, 0.4) is 0 Å². The molecule has 1 aromatic rings. The Balaban J connectivity index is 2.11. The van der Waals surface area contributed by atoms with Crippen molar-refractivity contribution in [3.8, 4) is 0 Å². The molecule has 1 aliphatic rings. The molecule has 0 aromatic carbocycles.